The Morgan fingerprint density at radius 1 is 1.38 bits per heavy atom. The van der Waals surface area contributed by atoms with Crippen molar-refractivity contribution in [2.75, 3.05) is 14.2 Å². The molecule has 3 rings (SSSR count). The second-order valence-electron chi connectivity index (χ2n) is 7.04. The van der Waals surface area contributed by atoms with Crippen LogP contribution in [0.5, 0.6) is 5.88 Å². The Morgan fingerprint density at radius 3 is 2.86 bits per heavy atom. The first kappa shape index (κ1) is 23.3. The fourth-order valence-corrected chi connectivity index (χ4v) is 3.07. The summed E-state index contributed by atoms with van der Waals surface area (Å²) < 4.78 is 12.7. The molecule has 0 amide bonds. The van der Waals surface area contributed by atoms with Crippen LogP contribution >= 0.6 is 24.0 Å². The average molecular weight is 515 g/mol. The number of ether oxygens (including phenoxy) is 2. The molecule has 0 aromatic carbocycles. The van der Waals surface area contributed by atoms with Crippen LogP contribution in [0.25, 0.3) is 0 Å². The minimum Gasteiger partial charge on any atom is -0.475 e. The third kappa shape index (κ3) is 6.81. The Balaban J connectivity index is 0.00000300. The highest BCUT2D eigenvalue weighted by Crippen LogP contribution is 2.14. The molecule has 2 N–H and O–H groups in total. The van der Waals surface area contributed by atoms with Gasteiger partial charge in [0.25, 0.3) is 0 Å². The highest BCUT2D eigenvalue weighted by Gasteiger charge is 2.22. The molecule has 1 unspecified atom stereocenters. The number of pyridine rings is 1. The molecule has 0 radical (unpaired) electrons. The first-order valence-electron chi connectivity index (χ1n) is 9.57. The molecule has 9 nitrogen and oxygen atoms in total. The number of nitrogens with one attached hydrogen (secondary N) is 2. The monoisotopic (exact) mass is 515 g/mol. The molecular formula is C19H30IN7O2. The van der Waals surface area contributed by atoms with Gasteiger partial charge in [-0.2, -0.15) is 5.10 Å². The zero-order valence-corrected chi connectivity index (χ0v) is 19.7. The highest BCUT2D eigenvalue weighted by molar-refractivity contribution is 14.0. The second kappa shape index (κ2) is 11.3. The van der Waals surface area contributed by atoms with Crippen molar-refractivity contribution in [3.63, 3.8) is 0 Å². The first-order valence-corrected chi connectivity index (χ1v) is 9.57. The normalized spacial score (nSPS) is 16.2. The Kier molecular flexibility index (Phi) is 9.08. The number of guanidine groups is 1. The third-order valence-electron chi connectivity index (χ3n) is 4.35. The van der Waals surface area contributed by atoms with E-state index in [-0.39, 0.29) is 36.1 Å². The summed E-state index contributed by atoms with van der Waals surface area (Å²) in [6.45, 7) is 5.80. The van der Waals surface area contributed by atoms with E-state index in [4.69, 9.17) is 9.47 Å². The van der Waals surface area contributed by atoms with Crippen LogP contribution in [0, 0.1) is 0 Å². The summed E-state index contributed by atoms with van der Waals surface area (Å²) in [5.74, 6) is 3.15. The number of fused-ring (bicyclic) bond motifs is 1. The van der Waals surface area contributed by atoms with Gasteiger partial charge >= 0.3 is 0 Å². The molecule has 0 aliphatic carbocycles. The predicted molar refractivity (Wildman–Crippen MR) is 122 cm³/mol. The number of halogens is 1. The van der Waals surface area contributed by atoms with Gasteiger partial charge in [0.15, 0.2) is 11.8 Å². The average Bonchev–Trinajstić information content (AvgIpc) is 3.07. The van der Waals surface area contributed by atoms with Crippen LogP contribution in [0.1, 0.15) is 37.5 Å². The molecule has 2 aromatic heterocycles. The minimum absolute atomic E-state index is 0. The lowest BCUT2D eigenvalue weighted by Crippen LogP contribution is -2.46. The summed E-state index contributed by atoms with van der Waals surface area (Å²) in [7, 11) is 3.42. The molecule has 1 aliphatic heterocycles. The molecule has 0 saturated carbocycles. The molecule has 10 heteroatoms. The quantitative estimate of drug-likeness (QED) is 0.330. The van der Waals surface area contributed by atoms with Gasteiger partial charge in [-0.05, 0) is 25.8 Å². The Morgan fingerprint density at radius 2 is 2.21 bits per heavy atom. The zero-order chi connectivity index (χ0) is 19.9. The topological polar surface area (TPSA) is 98.5 Å². The molecule has 29 heavy (non-hydrogen) atoms. The fourth-order valence-electron chi connectivity index (χ4n) is 3.07. The van der Waals surface area contributed by atoms with Gasteiger partial charge in [-0.3, -0.25) is 4.99 Å². The van der Waals surface area contributed by atoms with Crippen molar-refractivity contribution in [2.45, 2.75) is 58.5 Å². The SMILES string of the molecule is CN=C(NCc1ccc(OC(C)C)nc1)NC1CCc2nc(COC)nn2C1.I. The van der Waals surface area contributed by atoms with Gasteiger partial charge in [-0.1, -0.05) is 6.07 Å². The lowest BCUT2D eigenvalue weighted by Gasteiger charge is -2.25. The molecule has 3 heterocycles. The van der Waals surface area contributed by atoms with Gasteiger partial charge in [0.05, 0.1) is 12.6 Å². The van der Waals surface area contributed by atoms with Crippen molar-refractivity contribution in [1.82, 2.24) is 30.4 Å². The van der Waals surface area contributed by atoms with Crippen molar-refractivity contribution >= 4 is 29.9 Å². The van der Waals surface area contributed by atoms with E-state index < -0.39 is 0 Å². The second-order valence-corrected chi connectivity index (χ2v) is 7.04. The molecule has 2 aromatic rings. The lowest BCUT2D eigenvalue weighted by molar-refractivity contribution is 0.177. The molecule has 0 spiro atoms. The first-order chi connectivity index (χ1) is 13.6. The van der Waals surface area contributed by atoms with E-state index >= 15 is 0 Å². The van der Waals surface area contributed by atoms with Crippen molar-refractivity contribution in [3.05, 3.63) is 35.5 Å². The zero-order valence-electron chi connectivity index (χ0n) is 17.4. The number of methoxy groups -OCH3 is 1. The largest absolute Gasteiger partial charge is 0.475 e. The molecule has 0 saturated heterocycles. The summed E-state index contributed by atoms with van der Waals surface area (Å²) in [6, 6.07) is 4.14. The number of hydrogen-bond donors (Lipinski definition) is 2. The van der Waals surface area contributed by atoms with Crippen molar-refractivity contribution in [2.24, 2.45) is 4.99 Å². The molecule has 0 bridgehead atoms. The van der Waals surface area contributed by atoms with Crippen molar-refractivity contribution in [3.8, 4) is 5.88 Å². The maximum Gasteiger partial charge on any atom is 0.213 e. The maximum atomic E-state index is 5.57. The summed E-state index contributed by atoms with van der Waals surface area (Å²) in [6.07, 6.45) is 3.80. The standard InChI is InChI=1S/C19H29N7O2.HI/c1-13(2)28-18-8-5-14(9-21-18)10-22-19(20-3)23-15-6-7-17-24-16(12-27-4)25-26(17)11-15;/h5,8-9,13,15H,6-7,10-12H2,1-4H3,(H2,20,22,23);1H. The lowest BCUT2D eigenvalue weighted by atomic mass is 10.1. The van der Waals surface area contributed by atoms with Crippen molar-refractivity contribution < 1.29 is 9.47 Å². The van der Waals surface area contributed by atoms with Gasteiger partial charge in [-0.25, -0.2) is 14.6 Å². The minimum atomic E-state index is 0. The number of hydrogen-bond acceptors (Lipinski definition) is 6. The number of rotatable bonds is 7. The van der Waals surface area contributed by atoms with Gasteiger partial charge < -0.3 is 20.1 Å². The number of aromatic nitrogens is 4. The number of nitrogens with zero attached hydrogens (tertiary/aromatic N) is 5. The number of aryl methyl sites for hydroxylation is 1. The summed E-state index contributed by atoms with van der Waals surface area (Å²) in [5.41, 5.74) is 1.06. The molecule has 1 aliphatic rings. The van der Waals surface area contributed by atoms with E-state index in [1.165, 1.54) is 0 Å². The smallest absolute Gasteiger partial charge is 0.213 e. The Hall–Kier alpha value is -1.95. The fraction of sp³-hybridized carbons (Fsp3) is 0.579. The molecule has 1 atom stereocenters. The molecule has 160 valence electrons. The van der Waals surface area contributed by atoms with Crippen LogP contribution in [0.15, 0.2) is 23.3 Å². The van der Waals surface area contributed by atoms with E-state index in [2.05, 4.69) is 30.7 Å². The van der Waals surface area contributed by atoms with Gasteiger partial charge in [0.2, 0.25) is 5.88 Å². The maximum absolute atomic E-state index is 5.57. The molecular weight excluding hydrogens is 485 g/mol. The van der Waals surface area contributed by atoms with Crippen molar-refractivity contribution in [1.29, 1.82) is 0 Å². The van der Waals surface area contributed by atoms with Crippen LogP contribution in [0.3, 0.4) is 0 Å². The predicted octanol–water partition coefficient (Wildman–Crippen LogP) is 1.90. The van der Waals surface area contributed by atoms with E-state index in [9.17, 15) is 0 Å². The summed E-state index contributed by atoms with van der Waals surface area (Å²) in [4.78, 5) is 13.2. The van der Waals surface area contributed by atoms with E-state index in [1.807, 2.05) is 36.9 Å². The van der Waals surface area contributed by atoms with Crippen LogP contribution in [0.4, 0.5) is 0 Å². The van der Waals surface area contributed by atoms with E-state index in [1.54, 1.807) is 14.2 Å². The van der Waals surface area contributed by atoms with Gasteiger partial charge in [-0.15, -0.1) is 24.0 Å². The van der Waals surface area contributed by atoms with Crippen LogP contribution in [-0.2, 0) is 30.9 Å². The summed E-state index contributed by atoms with van der Waals surface area (Å²) in [5, 5.41) is 11.3. The number of aliphatic imine (C=N–C) groups is 1. The third-order valence-corrected chi connectivity index (χ3v) is 4.35. The highest BCUT2D eigenvalue weighted by atomic mass is 127. The van der Waals surface area contributed by atoms with Gasteiger partial charge in [0.1, 0.15) is 12.4 Å². The van der Waals surface area contributed by atoms with Crippen LogP contribution < -0.4 is 15.4 Å². The van der Waals surface area contributed by atoms with Crippen LogP contribution in [0.2, 0.25) is 0 Å². The van der Waals surface area contributed by atoms with Crippen LogP contribution in [-0.4, -0.2) is 52.0 Å². The van der Waals surface area contributed by atoms with Gasteiger partial charge in [0, 0.05) is 45.4 Å². The molecule has 0 fully saturated rings. The Labute approximate surface area is 188 Å². The van der Waals surface area contributed by atoms with E-state index in [0.717, 1.165) is 42.6 Å². The Bertz CT molecular complexity index is 792. The van der Waals surface area contributed by atoms with E-state index in [0.29, 0.717) is 19.0 Å². The summed E-state index contributed by atoms with van der Waals surface area (Å²) >= 11 is 0.